The van der Waals surface area contributed by atoms with Crippen LogP contribution in [0.5, 0.6) is 0 Å². The van der Waals surface area contributed by atoms with Gasteiger partial charge in [-0.15, -0.1) is 5.10 Å². The van der Waals surface area contributed by atoms with Gasteiger partial charge in [0.1, 0.15) is 11.6 Å². The van der Waals surface area contributed by atoms with Gasteiger partial charge in [0.25, 0.3) is 0 Å². The van der Waals surface area contributed by atoms with Crippen LogP contribution in [0.15, 0.2) is 58.5 Å². The molecule has 1 atom stereocenters. The molecule has 0 radical (unpaired) electrons. The highest BCUT2D eigenvalue weighted by Crippen LogP contribution is 2.19. The number of hydrogen-bond acceptors (Lipinski definition) is 4. The molecule has 9 heteroatoms. The Morgan fingerprint density at radius 2 is 2.00 bits per heavy atom. The standard InChI is InChI=1S/C20H20F2N4O2S/c1-13(16-8-7-15(21)11-17(16)22)23-18(27)12-29-20-25-24-19(28)26(20)10-9-14-5-3-2-4-6-14/h2-8,11,13H,9-10,12H2,1H3,(H,23,27)(H,24,28). The highest BCUT2D eigenvalue weighted by Gasteiger charge is 2.16. The van der Waals surface area contributed by atoms with Crippen molar-refractivity contribution < 1.29 is 13.6 Å². The van der Waals surface area contributed by atoms with Gasteiger partial charge in [0.15, 0.2) is 5.16 Å². The normalized spacial score (nSPS) is 12.0. The fraction of sp³-hybridized carbons (Fsp3) is 0.250. The predicted molar refractivity (Wildman–Crippen MR) is 107 cm³/mol. The summed E-state index contributed by atoms with van der Waals surface area (Å²) in [6.07, 6.45) is 0.654. The summed E-state index contributed by atoms with van der Waals surface area (Å²) in [7, 11) is 0. The Morgan fingerprint density at radius 3 is 2.72 bits per heavy atom. The average Bonchev–Trinajstić information content (AvgIpc) is 3.05. The van der Waals surface area contributed by atoms with Crippen LogP contribution in [0.2, 0.25) is 0 Å². The minimum absolute atomic E-state index is 0.00276. The summed E-state index contributed by atoms with van der Waals surface area (Å²) in [5.41, 5.74) is 0.944. The Labute approximate surface area is 170 Å². The fourth-order valence-electron chi connectivity index (χ4n) is 2.84. The monoisotopic (exact) mass is 418 g/mol. The Morgan fingerprint density at radius 1 is 1.24 bits per heavy atom. The maximum atomic E-state index is 13.8. The van der Waals surface area contributed by atoms with E-state index in [1.807, 2.05) is 30.3 Å². The van der Waals surface area contributed by atoms with Crippen LogP contribution >= 0.6 is 11.8 Å². The summed E-state index contributed by atoms with van der Waals surface area (Å²) >= 11 is 1.11. The lowest BCUT2D eigenvalue weighted by Gasteiger charge is -2.15. The number of hydrogen-bond donors (Lipinski definition) is 2. The van der Waals surface area contributed by atoms with Crippen molar-refractivity contribution >= 4 is 17.7 Å². The van der Waals surface area contributed by atoms with E-state index >= 15 is 0 Å². The van der Waals surface area contributed by atoms with Crippen LogP contribution in [0, 0.1) is 11.6 Å². The smallest absolute Gasteiger partial charge is 0.343 e. The van der Waals surface area contributed by atoms with Gasteiger partial charge < -0.3 is 5.32 Å². The van der Waals surface area contributed by atoms with Crippen molar-refractivity contribution in [2.45, 2.75) is 31.1 Å². The minimum Gasteiger partial charge on any atom is -0.349 e. The number of aromatic nitrogens is 3. The maximum Gasteiger partial charge on any atom is 0.343 e. The molecule has 152 valence electrons. The number of aryl methyl sites for hydroxylation is 1. The molecule has 0 aliphatic rings. The maximum absolute atomic E-state index is 13.8. The summed E-state index contributed by atoms with van der Waals surface area (Å²) in [6, 6.07) is 12.3. The first kappa shape index (κ1) is 20.8. The molecule has 1 unspecified atom stereocenters. The number of halogens is 2. The molecule has 2 N–H and O–H groups in total. The van der Waals surface area contributed by atoms with Crippen molar-refractivity contribution in [3.8, 4) is 0 Å². The first-order chi connectivity index (χ1) is 13.9. The van der Waals surface area contributed by atoms with Gasteiger partial charge in [-0.1, -0.05) is 48.2 Å². The SMILES string of the molecule is CC(NC(=O)CSc1n[nH]c(=O)n1CCc1ccccc1)c1ccc(F)cc1F. The molecule has 0 fully saturated rings. The quantitative estimate of drug-likeness (QED) is 0.551. The van der Waals surface area contributed by atoms with Crippen molar-refractivity contribution in [2.75, 3.05) is 5.75 Å². The Kier molecular flexibility index (Phi) is 6.82. The number of nitrogens with zero attached hydrogens (tertiary/aromatic N) is 2. The largest absolute Gasteiger partial charge is 0.349 e. The lowest BCUT2D eigenvalue weighted by Crippen LogP contribution is -2.29. The van der Waals surface area contributed by atoms with E-state index in [0.29, 0.717) is 18.1 Å². The first-order valence-electron chi connectivity index (χ1n) is 9.00. The number of carbonyl (C=O) groups excluding carboxylic acids is 1. The number of amides is 1. The van der Waals surface area contributed by atoms with Gasteiger partial charge in [0.2, 0.25) is 5.91 Å². The van der Waals surface area contributed by atoms with E-state index < -0.39 is 17.7 Å². The van der Waals surface area contributed by atoms with Gasteiger partial charge in [-0.05, 0) is 25.0 Å². The number of nitrogens with one attached hydrogen (secondary N) is 2. The number of H-pyrrole nitrogens is 1. The molecule has 3 aromatic rings. The van der Waals surface area contributed by atoms with Gasteiger partial charge in [-0.2, -0.15) is 0 Å². The molecule has 0 spiro atoms. The molecule has 0 aliphatic carbocycles. The van der Waals surface area contributed by atoms with Gasteiger partial charge >= 0.3 is 5.69 Å². The first-order valence-corrected chi connectivity index (χ1v) is 9.99. The lowest BCUT2D eigenvalue weighted by atomic mass is 10.1. The Hall–Kier alpha value is -2.94. The molecule has 1 heterocycles. The number of benzene rings is 2. The topological polar surface area (TPSA) is 79.8 Å². The van der Waals surface area contributed by atoms with E-state index in [4.69, 9.17) is 0 Å². The Bertz CT molecular complexity index is 1040. The van der Waals surface area contributed by atoms with E-state index in [0.717, 1.165) is 29.5 Å². The van der Waals surface area contributed by atoms with Gasteiger partial charge in [-0.25, -0.2) is 18.7 Å². The van der Waals surface area contributed by atoms with Crippen molar-refractivity contribution in [1.82, 2.24) is 20.1 Å². The zero-order valence-electron chi connectivity index (χ0n) is 15.7. The van der Waals surface area contributed by atoms with Gasteiger partial charge in [-0.3, -0.25) is 9.36 Å². The third kappa shape index (κ3) is 5.54. The molecular weight excluding hydrogens is 398 g/mol. The van der Waals surface area contributed by atoms with Crippen LogP contribution in [0.25, 0.3) is 0 Å². The third-order valence-electron chi connectivity index (χ3n) is 4.33. The molecule has 0 saturated heterocycles. The van der Waals surface area contributed by atoms with Crippen molar-refractivity contribution in [3.05, 3.63) is 81.8 Å². The minimum atomic E-state index is -0.715. The van der Waals surface area contributed by atoms with Crippen LogP contribution in [-0.2, 0) is 17.8 Å². The summed E-state index contributed by atoms with van der Waals surface area (Å²) in [5.74, 6) is -1.74. The summed E-state index contributed by atoms with van der Waals surface area (Å²) in [5, 5.41) is 9.43. The van der Waals surface area contributed by atoms with E-state index in [1.165, 1.54) is 10.6 Å². The van der Waals surface area contributed by atoms with Crippen molar-refractivity contribution in [3.63, 3.8) is 0 Å². The number of thioether (sulfide) groups is 1. The number of rotatable bonds is 8. The number of carbonyl (C=O) groups is 1. The highest BCUT2D eigenvalue weighted by atomic mass is 32.2. The second-order valence-corrected chi connectivity index (χ2v) is 7.38. The summed E-state index contributed by atoms with van der Waals surface area (Å²) in [4.78, 5) is 24.2. The predicted octanol–water partition coefficient (Wildman–Crippen LogP) is 3.06. The lowest BCUT2D eigenvalue weighted by molar-refractivity contribution is -0.119. The second kappa shape index (κ2) is 9.51. The molecule has 2 aromatic carbocycles. The Balaban J connectivity index is 1.57. The molecule has 0 bridgehead atoms. The van der Waals surface area contributed by atoms with Crippen LogP contribution in [0.1, 0.15) is 24.1 Å². The van der Waals surface area contributed by atoms with Crippen molar-refractivity contribution in [1.29, 1.82) is 0 Å². The van der Waals surface area contributed by atoms with Crippen molar-refractivity contribution in [2.24, 2.45) is 0 Å². The van der Waals surface area contributed by atoms with Crippen LogP contribution < -0.4 is 11.0 Å². The molecule has 1 aromatic heterocycles. The molecule has 29 heavy (non-hydrogen) atoms. The van der Waals surface area contributed by atoms with Gasteiger partial charge in [0, 0.05) is 18.2 Å². The third-order valence-corrected chi connectivity index (χ3v) is 5.31. The average molecular weight is 418 g/mol. The molecular formula is C20H20F2N4O2S. The van der Waals surface area contributed by atoms with Crippen LogP contribution in [0.3, 0.4) is 0 Å². The number of aromatic amines is 1. The zero-order chi connectivity index (χ0) is 20.8. The molecule has 0 saturated carbocycles. The highest BCUT2D eigenvalue weighted by molar-refractivity contribution is 7.99. The van der Waals surface area contributed by atoms with Crippen LogP contribution in [0.4, 0.5) is 8.78 Å². The van der Waals surface area contributed by atoms with Crippen LogP contribution in [-0.4, -0.2) is 26.4 Å². The molecule has 0 aliphatic heterocycles. The van der Waals surface area contributed by atoms with Gasteiger partial charge in [0.05, 0.1) is 11.8 Å². The van der Waals surface area contributed by atoms with E-state index in [9.17, 15) is 18.4 Å². The molecule has 6 nitrogen and oxygen atoms in total. The van der Waals surface area contributed by atoms with E-state index in [2.05, 4.69) is 15.5 Å². The fourth-order valence-corrected chi connectivity index (χ4v) is 3.62. The second-order valence-electron chi connectivity index (χ2n) is 6.44. The summed E-state index contributed by atoms with van der Waals surface area (Å²) in [6.45, 7) is 2.05. The van der Waals surface area contributed by atoms with E-state index in [1.54, 1.807) is 6.92 Å². The molecule has 3 rings (SSSR count). The molecule has 1 amide bonds. The zero-order valence-corrected chi connectivity index (χ0v) is 16.5. The summed E-state index contributed by atoms with van der Waals surface area (Å²) < 4.78 is 28.3. The van der Waals surface area contributed by atoms with E-state index in [-0.39, 0.29) is 22.9 Å².